The van der Waals surface area contributed by atoms with Gasteiger partial charge in [0.25, 0.3) is 5.91 Å². The summed E-state index contributed by atoms with van der Waals surface area (Å²) >= 11 is 0. The monoisotopic (exact) mass is 245 g/mol. The molecule has 0 aliphatic rings. The molecule has 0 unspecified atom stereocenters. The van der Waals surface area contributed by atoms with Crippen LogP contribution in [0.15, 0.2) is 24.4 Å². The third-order valence-electron chi connectivity index (χ3n) is 3.50. The highest BCUT2D eigenvalue weighted by molar-refractivity contribution is 5.97. The molecular weight excluding hydrogens is 226 g/mol. The van der Waals surface area contributed by atoms with Crippen molar-refractivity contribution in [3.05, 3.63) is 30.0 Å². The molecule has 1 N–H and O–H groups in total. The first-order valence-corrected chi connectivity index (χ1v) is 6.37. The van der Waals surface area contributed by atoms with Crippen LogP contribution in [0.5, 0.6) is 0 Å². The highest BCUT2D eigenvalue weighted by atomic mass is 16.2. The van der Waals surface area contributed by atoms with Crippen LogP contribution in [0.3, 0.4) is 0 Å². The molecule has 0 bridgehead atoms. The van der Waals surface area contributed by atoms with Gasteiger partial charge in [0.15, 0.2) is 0 Å². The van der Waals surface area contributed by atoms with E-state index in [9.17, 15) is 4.79 Å². The number of fused-ring (bicyclic) bond motifs is 1. The van der Waals surface area contributed by atoms with E-state index in [-0.39, 0.29) is 5.91 Å². The molecule has 2 rings (SSSR count). The first-order chi connectivity index (χ1) is 8.67. The van der Waals surface area contributed by atoms with E-state index < -0.39 is 0 Å². The summed E-state index contributed by atoms with van der Waals surface area (Å²) in [6, 6.07) is 5.95. The Morgan fingerprint density at radius 1 is 1.39 bits per heavy atom. The molecule has 0 saturated heterocycles. The first-order valence-electron chi connectivity index (χ1n) is 6.37. The van der Waals surface area contributed by atoms with Gasteiger partial charge in [-0.3, -0.25) is 9.89 Å². The smallest absolute Gasteiger partial charge is 0.253 e. The van der Waals surface area contributed by atoms with Crippen LogP contribution >= 0.6 is 0 Å². The topological polar surface area (TPSA) is 49.0 Å². The Balaban J connectivity index is 2.26. The third kappa shape index (κ3) is 2.23. The average molecular weight is 245 g/mol. The lowest BCUT2D eigenvalue weighted by Crippen LogP contribution is -2.36. The van der Waals surface area contributed by atoms with Crippen molar-refractivity contribution in [2.75, 3.05) is 7.05 Å². The number of hydrogen-bond acceptors (Lipinski definition) is 2. The predicted molar refractivity (Wildman–Crippen MR) is 72.6 cm³/mol. The van der Waals surface area contributed by atoms with Gasteiger partial charge in [-0.2, -0.15) is 5.10 Å². The number of amides is 1. The van der Waals surface area contributed by atoms with Gasteiger partial charge in [-0.1, -0.05) is 19.9 Å². The van der Waals surface area contributed by atoms with Gasteiger partial charge in [0.2, 0.25) is 0 Å². The largest absolute Gasteiger partial charge is 0.339 e. The Kier molecular flexibility index (Phi) is 3.65. The molecule has 2 aromatic rings. The highest BCUT2D eigenvalue weighted by Gasteiger charge is 2.18. The first kappa shape index (κ1) is 12.6. The van der Waals surface area contributed by atoms with Crippen LogP contribution < -0.4 is 0 Å². The van der Waals surface area contributed by atoms with E-state index in [0.29, 0.717) is 11.6 Å². The maximum atomic E-state index is 12.4. The summed E-state index contributed by atoms with van der Waals surface area (Å²) in [4.78, 5) is 14.2. The summed E-state index contributed by atoms with van der Waals surface area (Å²) in [5.41, 5.74) is 1.61. The molecule has 0 atom stereocenters. The number of aromatic amines is 1. The van der Waals surface area contributed by atoms with Crippen molar-refractivity contribution in [3.63, 3.8) is 0 Å². The molecule has 0 fully saturated rings. The van der Waals surface area contributed by atoms with E-state index in [1.165, 1.54) is 0 Å². The van der Waals surface area contributed by atoms with E-state index in [4.69, 9.17) is 0 Å². The molecule has 1 aromatic carbocycles. The van der Waals surface area contributed by atoms with Gasteiger partial charge in [-0.05, 0) is 25.0 Å². The van der Waals surface area contributed by atoms with Crippen molar-refractivity contribution in [2.45, 2.75) is 32.7 Å². The number of carbonyl (C=O) groups excluding carboxylic acids is 1. The number of aromatic nitrogens is 2. The quantitative estimate of drug-likeness (QED) is 0.900. The van der Waals surface area contributed by atoms with Crippen molar-refractivity contribution in [2.24, 2.45) is 0 Å². The van der Waals surface area contributed by atoms with Crippen LogP contribution in [0, 0.1) is 0 Å². The van der Waals surface area contributed by atoms with Crippen LogP contribution in [0.25, 0.3) is 10.9 Å². The molecule has 0 radical (unpaired) electrons. The zero-order valence-corrected chi connectivity index (χ0v) is 11.1. The lowest BCUT2D eigenvalue weighted by atomic mass is 10.1. The van der Waals surface area contributed by atoms with E-state index in [0.717, 1.165) is 23.7 Å². The fourth-order valence-corrected chi connectivity index (χ4v) is 2.28. The Morgan fingerprint density at radius 3 is 2.78 bits per heavy atom. The summed E-state index contributed by atoms with van der Waals surface area (Å²) < 4.78 is 0. The Morgan fingerprint density at radius 2 is 2.11 bits per heavy atom. The number of nitrogens with one attached hydrogen (secondary N) is 1. The molecule has 4 nitrogen and oxygen atoms in total. The summed E-state index contributed by atoms with van der Waals surface area (Å²) in [7, 11) is 1.87. The minimum atomic E-state index is 0.0696. The number of H-pyrrole nitrogens is 1. The highest BCUT2D eigenvalue weighted by Crippen LogP contribution is 2.16. The van der Waals surface area contributed by atoms with Gasteiger partial charge < -0.3 is 4.90 Å². The second-order valence-electron chi connectivity index (χ2n) is 4.56. The lowest BCUT2D eigenvalue weighted by Gasteiger charge is -2.26. The zero-order chi connectivity index (χ0) is 13.1. The van der Waals surface area contributed by atoms with E-state index in [2.05, 4.69) is 24.0 Å². The van der Waals surface area contributed by atoms with Crippen LogP contribution in [0.4, 0.5) is 0 Å². The second kappa shape index (κ2) is 5.21. The molecule has 18 heavy (non-hydrogen) atoms. The predicted octanol–water partition coefficient (Wildman–Crippen LogP) is 2.82. The molecule has 0 aliphatic carbocycles. The maximum absolute atomic E-state index is 12.4. The Hall–Kier alpha value is -1.84. The number of nitrogens with zero attached hydrogens (tertiary/aromatic N) is 2. The minimum absolute atomic E-state index is 0.0696. The number of hydrogen-bond donors (Lipinski definition) is 1. The van der Waals surface area contributed by atoms with Gasteiger partial charge in [-0.25, -0.2) is 0 Å². The van der Waals surface area contributed by atoms with Crippen molar-refractivity contribution >= 4 is 16.8 Å². The second-order valence-corrected chi connectivity index (χ2v) is 4.56. The fraction of sp³-hybridized carbons (Fsp3) is 0.429. The number of carbonyl (C=O) groups is 1. The van der Waals surface area contributed by atoms with Crippen LogP contribution in [0.2, 0.25) is 0 Å². The SMILES string of the molecule is CCC(CC)N(C)C(=O)c1ccc2cn[nH]c2c1. The van der Waals surface area contributed by atoms with E-state index in [1.54, 1.807) is 6.20 Å². The van der Waals surface area contributed by atoms with Crippen molar-refractivity contribution in [1.29, 1.82) is 0 Å². The summed E-state index contributed by atoms with van der Waals surface area (Å²) in [6.45, 7) is 4.21. The van der Waals surface area contributed by atoms with Crippen LogP contribution in [-0.4, -0.2) is 34.1 Å². The number of benzene rings is 1. The average Bonchev–Trinajstić information content (AvgIpc) is 2.86. The van der Waals surface area contributed by atoms with E-state index in [1.807, 2.05) is 30.1 Å². The standard InChI is InChI=1S/C14H19N3O/c1-4-12(5-2)17(3)14(18)10-6-7-11-9-15-16-13(11)8-10/h6-9,12H,4-5H2,1-3H3,(H,15,16). The van der Waals surface area contributed by atoms with Crippen LogP contribution in [0.1, 0.15) is 37.0 Å². The van der Waals surface area contributed by atoms with Crippen molar-refractivity contribution in [3.8, 4) is 0 Å². The Labute approximate surface area is 107 Å². The van der Waals surface area contributed by atoms with Gasteiger partial charge in [0, 0.05) is 24.0 Å². The molecule has 1 heterocycles. The molecule has 96 valence electrons. The minimum Gasteiger partial charge on any atom is -0.339 e. The lowest BCUT2D eigenvalue weighted by molar-refractivity contribution is 0.0724. The molecule has 1 aromatic heterocycles. The molecule has 0 spiro atoms. The van der Waals surface area contributed by atoms with Gasteiger partial charge in [-0.15, -0.1) is 0 Å². The normalized spacial score (nSPS) is 11.1. The summed E-state index contributed by atoms with van der Waals surface area (Å²) in [5, 5.41) is 7.88. The molecular formula is C14H19N3O. The molecule has 4 heteroatoms. The van der Waals surface area contributed by atoms with Gasteiger partial charge >= 0.3 is 0 Å². The fourth-order valence-electron chi connectivity index (χ4n) is 2.28. The molecule has 0 aliphatic heterocycles. The van der Waals surface area contributed by atoms with Gasteiger partial charge in [0.05, 0.1) is 11.7 Å². The van der Waals surface area contributed by atoms with Gasteiger partial charge in [0.1, 0.15) is 0 Å². The van der Waals surface area contributed by atoms with E-state index >= 15 is 0 Å². The molecule has 1 amide bonds. The van der Waals surface area contributed by atoms with Crippen molar-refractivity contribution < 1.29 is 4.79 Å². The third-order valence-corrected chi connectivity index (χ3v) is 3.50. The maximum Gasteiger partial charge on any atom is 0.253 e. The summed E-state index contributed by atoms with van der Waals surface area (Å²) in [5.74, 6) is 0.0696. The Bertz CT molecular complexity index is 543. The zero-order valence-electron chi connectivity index (χ0n) is 11.1. The number of rotatable bonds is 4. The molecule has 0 saturated carbocycles. The van der Waals surface area contributed by atoms with Crippen molar-refractivity contribution in [1.82, 2.24) is 15.1 Å². The summed E-state index contributed by atoms with van der Waals surface area (Å²) in [6.07, 6.45) is 3.71. The van der Waals surface area contributed by atoms with Crippen LogP contribution in [-0.2, 0) is 0 Å².